The third-order valence-corrected chi connectivity index (χ3v) is 3.55. The summed E-state index contributed by atoms with van der Waals surface area (Å²) in [4.78, 5) is 0. The van der Waals surface area contributed by atoms with Crippen LogP contribution >= 0.6 is 0 Å². The smallest absolute Gasteiger partial charge is 0.0914 e. The standard InChI is InChI=1S/C18H31NO/c1-4-5-6-7-12-19-14-18(20)17-10-8-16(9-11-17)13-15(2)3/h8-11,15,18-20H,4-7,12-14H2,1-3H3. The number of aliphatic hydroxyl groups is 1. The topological polar surface area (TPSA) is 32.3 Å². The van der Waals surface area contributed by atoms with Gasteiger partial charge in [0.15, 0.2) is 0 Å². The second-order valence-corrected chi connectivity index (χ2v) is 6.12. The fraction of sp³-hybridized carbons (Fsp3) is 0.667. The van der Waals surface area contributed by atoms with E-state index in [4.69, 9.17) is 0 Å². The molecule has 0 bridgehead atoms. The van der Waals surface area contributed by atoms with E-state index in [-0.39, 0.29) is 0 Å². The molecule has 0 aliphatic carbocycles. The molecule has 0 radical (unpaired) electrons. The first-order chi connectivity index (χ1) is 9.63. The quantitative estimate of drug-likeness (QED) is 0.631. The lowest BCUT2D eigenvalue weighted by molar-refractivity contribution is 0.174. The van der Waals surface area contributed by atoms with Crippen molar-refractivity contribution in [1.29, 1.82) is 0 Å². The van der Waals surface area contributed by atoms with Crippen molar-refractivity contribution in [2.75, 3.05) is 13.1 Å². The third-order valence-electron chi connectivity index (χ3n) is 3.55. The molecule has 0 fully saturated rings. The molecule has 1 atom stereocenters. The Labute approximate surface area is 124 Å². The van der Waals surface area contributed by atoms with E-state index in [9.17, 15) is 5.11 Å². The molecule has 0 saturated carbocycles. The minimum atomic E-state index is -0.394. The van der Waals surface area contributed by atoms with Crippen molar-refractivity contribution in [2.45, 2.75) is 59.0 Å². The molecular formula is C18H31NO. The summed E-state index contributed by atoms with van der Waals surface area (Å²) in [6.45, 7) is 8.33. The Morgan fingerprint density at radius 1 is 1.05 bits per heavy atom. The SMILES string of the molecule is CCCCCCNCC(O)c1ccc(CC(C)C)cc1. The van der Waals surface area contributed by atoms with Crippen molar-refractivity contribution in [3.05, 3.63) is 35.4 Å². The summed E-state index contributed by atoms with van der Waals surface area (Å²) in [5.74, 6) is 0.676. The number of benzene rings is 1. The number of nitrogens with one attached hydrogen (secondary N) is 1. The first-order valence-corrected chi connectivity index (χ1v) is 8.11. The molecule has 0 spiro atoms. The maximum absolute atomic E-state index is 10.1. The van der Waals surface area contributed by atoms with Gasteiger partial charge in [0.25, 0.3) is 0 Å². The Morgan fingerprint density at radius 2 is 1.75 bits per heavy atom. The zero-order chi connectivity index (χ0) is 14.8. The summed E-state index contributed by atoms with van der Waals surface area (Å²) >= 11 is 0. The van der Waals surface area contributed by atoms with Crippen LogP contribution in [-0.4, -0.2) is 18.2 Å². The monoisotopic (exact) mass is 277 g/mol. The van der Waals surface area contributed by atoms with Crippen LogP contribution in [0.3, 0.4) is 0 Å². The van der Waals surface area contributed by atoms with Gasteiger partial charge in [-0.1, -0.05) is 64.3 Å². The van der Waals surface area contributed by atoms with Crippen molar-refractivity contribution >= 4 is 0 Å². The number of hydrogen-bond acceptors (Lipinski definition) is 2. The van der Waals surface area contributed by atoms with Gasteiger partial charge >= 0.3 is 0 Å². The average molecular weight is 277 g/mol. The van der Waals surface area contributed by atoms with Crippen LogP contribution in [0.15, 0.2) is 24.3 Å². The second-order valence-electron chi connectivity index (χ2n) is 6.12. The van der Waals surface area contributed by atoms with Gasteiger partial charge in [0, 0.05) is 6.54 Å². The van der Waals surface area contributed by atoms with Gasteiger partial charge in [0.05, 0.1) is 6.10 Å². The largest absolute Gasteiger partial charge is 0.387 e. The molecule has 1 unspecified atom stereocenters. The summed E-state index contributed by atoms with van der Waals surface area (Å²) in [5, 5.41) is 13.5. The molecule has 0 saturated heterocycles. The lowest BCUT2D eigenvalue weighted by atomic mass is 10.0. The minimum absolute atomic E-state index is 0.394. The van der Waals surface area contributed by atoms with Crippen LogP contribution in [0.1, 0.15) is 63.7 Å². The van der Waals surface area contributed by atoms with Gasteiger partial charge in [-0.3, -0.25) is 0 Å². The van der Waals surface area contributed by atoms with Crippen LogP contribution in [0, 0.1) is 5.92 Å². The molecular weight excluding hydrogens is 246 g/mol. The van der Waals surface area contributed by atoms with Gasteiger partial charge in [0.1, 0.15) is 0 Å². The molecule has 2 nitrogen and oxygen atoms in total. The van der Waals surface area contributed by atoms with E-state index in [1.54, 1.807) is 0 Å². The molecule has 0 amide bonds. The highest BCUT2D eigenvalue weighted by Crippen LogP contribution is 2.15. The number of unbranched alkanes of at least 4 members (excludes halogenated alkanes) is 3. The number of hydrogen-bond donors (Lipinski definition) is 2. The summed E-state index contributed by atoms with van der Waals surface area (Å²) in [5.41, 5.74) is 2.36. The third kappa shape index (κ3) is 7.06. The van der Waals surface area contributed by atoms with Crippen molar-refractivity contribution in [2.24, 2.45) is 5.92 Å². The van der Waals surface area contributed by atoms with Gasteiger partial charge in [-0.25, -0.2) is 0 Å². The zero-order valence-electron chi connectivity index (χ0n) is 13.4. The van der Waals surface area contributed by atoms with Crippen molar-refractivity contribution in [3.8, 4) is 0 Å². The first-order valence-electron chi connectivity index (χ1n) is 8.11. The van der Waals surface area contributed by atoms with Gasteiger partial charge in [0.2, 0.25) is 0 Å². The van der Waals surface area contributed by atoms with E-state index in [1.807, 2.05) is 0 Å². The Hall–Kier alpha value is -0.860. The molecule has 0 aromatic heterocycles. The predicted molar refractivity (Wildman–Crippen MR) is 87.0 cm³/mol. The van der Waals surface area contributed by atoms with E-state index >= 15 is 0 Å². The normalized spacial score (nSPS) is 12.8. The van der Waals surface area contributed by atoms with Crippen LogP contribution in [0.4, 0.5) is 0 Å². The summed E-state index contributed by atoms with van der Waals surface area (Å²) in [6, 6.07) is 8.39. The van der Waals surface area contributed by atoms with Gasteiger partial charge < -0.3 is 10.4 Å². The van der Waals surface area contributed by atoms with E-state index < -0.39 is 6.10 Å². The van der Waals surface area contributed by atoms with Crippen molar-refractivity contribution in [1.82, 2.24) is 5.32 Å². The first kappa shape index (κ1) is 17.2. The van der Waals surface area contributed by atoms with Crippen molar-refractivity contribution in [3.63, 3.8) is 0 Å². The Bertz CT molecular complexity index is 345. The lowest BCUT2D eigenvalue weighted by Crippen LogP contribution is -2.22. The van der Waals surface area contributed by atoms with Crippen LogP contribution in [0.25, 0.3) is 0 Å². The van der Waals surface area contributed by atoms with E-state index in [0.29, 0.717) is 12.5 Å². The highest BCUT2D eigenvalue weighted by molar-refractivity contribution is 5.24. The molecule has 1 aromatic rings. The summed E-state index contributed by atoms with van der Waals surface area (Å²) in [6.07, 6.45) is 5.77. The highest BCUT2D eigenvalue weighted by atomic mass is 16.3. The van der Waals surface area contributed by atoms with Crippen LogP contribution in [0.5, 0.6) is 0 Å². The lowest BCUT2D eigenvalue weighted by Gasteiger charge is -2.13. The van der Waals surface area contributed by atoms with Crippen LogP contribution < -0.4 is 5.32 Å². The molecule has 1 aromatic carbocycles. The van der Waals surface area contributed by atoms with Crippen LogP contribution in [-0.2, 0) is 6.42 Å². The fourth-order valence-electron chi connectivity index (χ4n) is 2.38. The molecule has 114 valence electrons. The van der Waals surface area contributed by atoms with Gasteiger partial charge in [-0.15, -0.1) is 0 Å². The maximum atomic E-state index is 10.1. The molecule has 1 rings (SSSR count). The van der Waals surface area contributed by atoms with Gasteiger partial charge in [-0.2, -0.15) is 0 Å². The van der Waals surface area contributed by atoms with Crippen LogP contribution in [0.2, 0.25) is 0 Å². The Balaban J connectivity index is 2.27. The Morgan fingerprint density at radius 3 is 2.35 bits per heavy atom. The summed E-state index contributed by atoms with van der Waals surface area (Å²) in [7, 11) is 0. The molecule has 0 aliphatic rings. The maximum Gasteiger partial charge on any atom is 0.0914 e. The fourth-order valence-corrected chi connectivity index (χ4v) is 2.38. The molecule has 2 heteroatoms. The molecule has 0 aliphatic heterocycles. The summed E-state index contributed by atoms with van der Waals surface area (Å²) < 4.78 is 0. The zero-order valence-corrected chi connectivity index (χ0v) is 13.4. The number of rotatable bonds is 10. The van der Waals surface area contributed by atoms with E-state index in [1.165, 1.54) is 31.2 Å². The second kappa shape index (κ2) is 9.95. The molecule has 2 N–H and O–H groups in total. The average Bonchev–Trinajstić information content (AvgIpc) is 2.42. The van der Waals surface area contributed by atoms with E-state index in [2.05, 4.69) is 50.4 Å². The van der Waals surface area contributed by atoms with Gasteiger partial charge in [-0.05, 0) is 36.4 Å². The molecule has 0 heterocycles. The Kier molecular flexibility index (Phi) is 8.56. The molecule has 20 heavy (non-hydrogen) atoms. The number of aliphatic hydroxyl groups excluding tert-OH is 1. The van der Waals surface area contributed by atoms with Crippen molar-refractivity contribution < 1.29 is 5.11 Å². The minimum Gasteiger partial charge on any atom is -0.387 e. The highest BCUT2D eigenvalue weighted by Gasteiger charge is 2.07. The van der Waals surface area contributed by atoms with E-state index in [0.717, 1.165) is 18.5 Å². The predicted octanol–water partition coefficient (Wildman–Crippen LogP) is 4.09.